The number of hydrogen-bond acceptors (Lipinski definition) is 7. The van der Waals surface area contributed by atoms with Gasteiger partial charge in [0.2, 0.25) is 11.7 Å². The van der Waals surface area contributed by atoms with Crippen LogP contribution < -0.4 is 31.3 Å². The van der Waals surface area contributed by atoms with E-state index in [0.717, 1.165) is 12.0 Å². The molecule has 0 aromatic heterocycles. The van der Waals surface area contributed by atoms with E-state index in [0.29, 0.717) is 30.8 Å². The van der Waals surface area contributed by atoms with E-state index in [2.05, 4.69) is 40.4 Å². The van der Waals surface area contributed by atoms with E-state index >= 15 is 0 Å². The number of nitrogens with zero attached hydrogens (tertiary/aromatic N) is 1. The molecule has 0 saturated carbocycles. The number of rotatable bonds is 6. The maximum Gasteiger partial charge on any atom is 0.255 e. The van der Waals surface area contributed by atoms with E-state index in [1.807, 2.05) is 13.0 Å². The molecule has 0 aliphatic carbocycles. The first-order chi connectivity index (χ1) is 17.9. The van der Waals surface area contributed by atoms with Gasteiger partial charge in [0.05, 0.1) is 24.3 Å². The lowest BCUT2D eigenvalue weighted by atomic mass is 9.79. The van der Waals surface area contributed by atoms with Crippen molar-refractivity contribution in [2.75, 3.05) is 19.7 Å². The van der Waals surface area contributed by atoms with Crippen molar-refractivity contribution < 1.29 is 24.5 Å². The Morgan fingerprint density at radius 2 is 2.00 bits per heavy atom. The smallest absolute Gasteiger partial charge is 0.255 e. The number of benzene rings is 1. The number of ether oxygens (including phenoxy) is 1. The molecule has 3 fully saturated rings. The van der Waals surface area contributed by atoms with Gasteiger partial charge in [-0.2, -0.15) is 0 Å². The molecule has 1 aromatic rings. The lowest BCUT2D eigenvalue weighted by Crippen LogP contribution is -2.81. The normalized spacial score (nSPS) is 30.0. The minimum atomic E-state index is -2.60. The fraction of sp³-hybridized carbons (Fsp3) is 0.600. The van der Waals surface area contributed by atoms with Crippen LogP contribution in [0, 0.1) is 10.8 Å². The summed E-state index contributed by atoms with van der Waals surface area (Å²) in [5.74, 6) is -3.09. The summed E-state index contributed by atoms with van der Waals surface area (Å²) in [6.45, 7) is 6.52. The topological polar surface area (TPSA) is 195 Å². The molecular weight excluding hydrogens is 492 g/mol. The molecule has 5 rings (SSSR count). The van der Waals surface area contributed by atoms with Gasteiger partial charge in [0.15, 0.2) is 17.6 Å². The third-order valence-electron chi connectivity index (χ3n) is 8.16. The Morgan fingerprint density at radius 3 is 2.74 bits per heavy atom. The summed E-state index contributed by atoms with van der Waals surface area (Å²) in [6.07, 6.45) is 1.83. The van der Waals surface area contributed by atoms with Gasteiger partial charge in [-0.3, -0.25) is 20.4 Å². The average Bonchev–Trinajstić information content (AvgIpc) is 3.32. The number of nitrogens with one attached hydrogen (secondary N) is 7. The van der Waals surface area contributed by atoms with Crippen molar-refractivity contribution in [3.8, 4) is 5.75 Å². The van der Waals surface area contributed by atoms with Crippen molar-refractivity contribution in [1.29, 1.82) is 10.8 Å². The highest BCUT2D eigenvalue weighted by molar-refractivity contribution is 5.98. The molecule has 9 N–H and O–H groups in total. The predicted molar refractivity (Wildman–Crippen MR) is 138 cm³/mol. The molecule has 1 aromatic carbocycles. The molecule has 3 unspecified atom stereocenters. The summed E-state index contributed by atoms with van der Waals surface area (Å²) in [5.41, 5.74) is -0.713. The lowest BCUT2D eigenvalue weighted by Gasteiger charge is -2.51. The van der Waals surface area contributed by atoms with Crippen LogP contribution in [0.2, 0.25) is 0 Å². The van der Waals surface area contributed by atoms with Crippen molar-refractivity contribution in [2.45, 2.75) is 75.0 Å². The van der Waals surface area contributed by atoms with Crippen molar-refractivity contribution in [3.05, 3.63) is 29.3 Å². The number of hydrogen-bond donors (Lipinski definition) is 9. The highest BCUT2D eigenvalue weighted by atomic mass is 16.5. The van der Waals surface area contributed by atoms with E-state index in [9.17, 15) is 19.8 Å². The monoisotopic (exact) mass is 528 g/mol. The lowest BCUT2D eigenvalue weighted by molar-refractivity contribution is -0.232. The number of amides is 2. The highest BCUT2D eigenvalue weighted by Crippen LogP contribution is 2.44. The Morgan fingerprint density at radius 1 is 1.24 bits per heavy atom. The second kappa shape index (κ2) is 9.02. The first kappa shape index (κ1) is 26.0. The summed E-state index contributed by atoms with van der Waals surface area (Å²) in [6, 6.07) is 2.66. The van der Waals surface area contributed by atoms with Gasteiger partial charge in [0.1, 0.15) is 11.8 Å². The van der Waals surface area contributed by atoms with Gasteiger partial charge < -0.3 is 46.4 Å². The number of carbonyl (C=O) groups excluding carboxylic acids is 2. The summed E-state index contributed by atoms with van der Waals surface area (Å²) >= 11 is 0. The maximum atomic E-state index is 13.5. The number of carbonyl (C=O) groups is 2. The second-order valence-electron chi connectivity index (χ2n) is 11.1. The molecule has 3 saturated heterocycles. The predicted octanol–water partition coefficient (Wildman–Crippen LogP) is -1.14. The van der Waals surface area contributed by atoms with Crippen LogP contribution in [0.5, 0.6) is 5.75 Å². The van der Waals surface area contributed by atoms with Crippen LogP contribution in [0.3, 0.4) is 0 Å². The van der Waals surface area contributed by atoms with E-state index < -0.39 is 35.5 Å². The molecule has 38 heavy (non-hydrogen) atoms. The Balaban J connectivity index is 1.43. The van der Waals surface area contributed by atoms with Crippen molar-refractivity contribution in [1.82, 2.24) is 31.5 Å². The standard InChI is InChI=1S/C25H36N8O5/c1-4-6-17(34)28-11-15-19-24(32-21(26)31-19)25(36,37)16(12-33(24)22(27)29-15)30-20(35)13-7-5-8-14-18(13)38-10-9-23(14,2)3/h5,7-8,15-16,19,36-37H,4,6,9-12H2,1-3H3,(H2,27,29)(H,28,34)(H,30,35)(H3,26,31,32)/t15-,16?,19?,24?/m0/s1. The summed E-state index contributed by atoms with van der Waals surface area (Å²) in [4.78, 5) is 27.0. The first-order valence-corrected chi connectivity index (χ1v) is 13.0. The summed E-state index contributed by atoms with van der Waals surface area (Å²) < 4.78 is 5.87. The molecule has 4 atom stereocenters. The van der Waals surface area contributed by atoms with Gasteiger partial charge in [-0.15, -0.1) is 0 Å². The largest absolute Gasteiger partial charge is 0.492 e. The zero-order valence-electron chi connectivity index (χ0n) is 21.8. The van der Waals surface area contributed by atoms with Gasteiger partial charge in [-0.05, 0) is 24.3 Å². The zero-order valence-corrected chi connectivity index (χ0v) is 21.8. The summed E-state index contributed by atoms with van der Waals surface area (Å²) in [5, 5.41) is 54.4. The molecule has 4 aliphatic heterocycles. The summed E-state index contributed by atoms with van der Waals surface area (Å²) in [7, 11) is 0. The van der Waals surface area contributed by atoms with E-state index in [-0.39, 0.29) is 36.3 Å². The van der Waals surface area contributed by atoms with Crippen molar-refractivity contribution >= 4 is 23.7 Å². The fourth-order valence-corrected chi connectivity index (χ4v) is 6.07. The van der Waals surface area contributed by atoms with Crippen molar-refractivity contribution in [2.24, 2.45) is 0 Å². The third-order valence-corrected chi connectivity index (χ3v) is 8.16. The molecule has 1 spiro atoms. The van der Waals surface area contributed by atoms with Gasteiger partial charge in [-0.25, -0.2) is 0 Å². The van der Waals surface area contributed by atoms with Gasteiger partial charge in [0, 0.05) is 25.1 Å². The van der Waals surface area contributed by atoms with E-state index in [4.69, 9.17) is 15.6 Å². The van der Waals surface area contributed by atoms with Crippen LogP contribution in [0.4, 0.5) is 0 Å². The molecule has 2 amide bonds. The number of fused-ring (bicyclic) bond motifs is 1. The quantitative estimate of drug-likeness (QED) is 0.205. The minimum Gasteiger partial charge on any atom is -0.492 e. The van der Waals surface area contributed by atoms with Gasteiger partial charge >= 0.3 is 0 Å². The Hall–Kier alpha value is -3.58. The number of aliphatic hydroxyl groups is 2. The van der Waals surface area contributed by atoms with Gasteiger partial charge in [-0.1, -0.05) is 32.9 Å². The fourth-order valence-electron chi connectivity index (χ4n) is 6.07. The number of para-hydroxylation sites is 1. The minimum absolute atomic E-state index is 0.0970. The Labute approximate surface area is 220 Å². The molecule has 13 heteroatoms. The molecule has 4 aliphatic rings. The van der Waals surface area contributed by atoms with Crippen LogP contribution in [-0.4, -0.2) is 88.1 Å². The SMILES string of the molecule is CCCC(=O)NC[C@@H]1NC(=N)N2CC(NC(=O)c3cccc4c3OCCC4(C)C)C(O)(O)C23NC(=N)NC13. The maximum absolute atomic E-state index is 13.5. The van der Waals surface area contributed by atoms with Crippen LogP contribution in [0.25, 0.3) is 0 Å². The van der Waals surface area contributed by atoms with E-state index in [1.54, 1.807) is 12.1 Å². The molecule has 206 valence electrons. The molecule has 0 radical (unpaired) electrons. The molecule has 0 bridgehead atoms. The van der Waals surface area contributed by atoms with Crippen LogP contribution in [0.1, 0.15) is 56.0 Å². The van der Waals surface area contributed by atoms with Crippen molar-refractivity contribution in [3.63, 3.8) is 0 Å². The molecule has 4 heterocycles. The van der Waals surface area contributed by atoms with Crippen LogP contribution in [-0.2, 0) is 10.2 Å². The van der Waals surface area contributed by atoms with Crippen LogP contribution >= 0.6 is 0 Å². The number of guanidine groups is 2. The molecular formula is C25H36N8O5. The Kier molecular flexibility index (Phi) is 6.18. The second-order valence-corrected chi connectivity index (χ2v) is 11.1. The van der Waals surface area contributed by atoms with Crippen LogP contribution in [0.15, 0.2) is 18.2 Å². The molecule has 13 nitrogen and oxygen atoms in total. The Bertz CT molecular complexity index is 1190. The van der Waals surface area contributed by atoms with Gasteiger partial charge in [0.25, 0.3) is 5.91 Å². The highest BCUT2D eigenvalue weighted by Gasteiger charge is 2.74. The third kappa shape index (κ3) is 3.83. The van der Waals surface area contributed by atoms with E-state index in [1.165, 1.54) is 4.90 Å². The first-order valence-electron chi connectivity index (χ1n) is 13.0. The zero-order chi connectivity index (χ0) is 27.5. The average molecular weight is 529 g/mol.